The minimum atomic E-state index is -0.363. The second-order valence-corrected chi connectivity index (χ2v) is 7.54. The van der Waals surface area contributed by atoms with E-state index in [2.05, 4.69) is 11.9 Å². The van der Waals surface area contributed by atoms with Crippen molar-refractivity contribution in [3.05, 3.63) is 40.8 Å². The topological polar surface area (TPSA) is 53.4 Å². The largest absolute Gasteiger partial charge is 0.386 e. The molecule has 1 aliphatic heterocycles. The Bertz CT molecular complexity index is 659. The van der Waals surface area contributed by atoms with Crippen molar-refractivity contribution < 1.29 is 304 Å². The predicted molar refractivity (Wildman–Crippen MR) is 96.8 cm³/mol. The van der Waals surface area contributed by atoms with Crippen molar-refractivity contribution in [2.45, 2.75) is 73.3 Å². The minimum absolute atomic E-state index is 0. The van der Waals surface area contributed by atoms with Gasteiger partial charge in [-0.2, -0.15) is 11.9 Å². The van der Waals surface area contributed by atoms with Gasteiger partial charge < -0.3 is 16.9 Å². The summed E-state index contributed by atoms with van der Waals surface area (Å²) in [7, 11) is 0. The van der Waals surface area contributed by atoms with Gasteiger partial charge in [-0.25, -0.2) is 4.79 Å². The van der Waals surface area contributed by atoms with E-state index >= 15 is 0 Å². The zero-order valence-electron chi connectivity index (χ0n) is 21.8. The van der Waals surface area contributed by atoms with Gasteiger partial charge in [0, 0.05) is 312 Å². The molecule has 9 radical (unpaired) electrons. The molecule has 0 N–H and O–H groups in total. The zero-order valence-corrected chi connectivity index (χ0v) is 47.3. The molecular formula is C19H32N2O3Y9-2. The first-order valence-electron chi connectivity index (χ1n) is 8.22. The average Bonchev–Trinajstić information content (AvgIpc) is 2.70. The summed E-state index contributed by atoms with van der Waals surface area (Å²) in [6.07, 6.45) is -0.412. The quantitative estimate of drug-likeness (QED) is 0.436. The SMILES string of the molecule is Cc1nc(=O)n([C@@H]2O[C@H](COC(C)(C)C)[C@H](C)[C-]2C)c(C)c1C.[CH3-].[Y].[Y].[Y].[Y].[Y].[Y].[Y].[Y].[Y]. The van der Waals surface area contributed by atoms with E-state index in [1.165, 1.54) is 0 Å². The van der Waals surface area contributed by atoms with E-state index in [0.717, 1.165) is 22.9 Å². The van der Waals surface area contributed by atoms with Crippen LogP contribution in [-0.2, 0) is 304 Å². The summed E-state index contributed by atoms with van der Waals surface area (Å²) >= 11 is 0. The molecule has 1 aliphatic rings. The van der Waals surface area contributed by atoms with Crippen molar-refractivity contribution in [1.29, 1.82) is 0 Å². The number of hydrogen-bond donors (Lipinski definition) is 0. The third-order valence-electron chi connectivity index (χ3n) is 4.80. The van der Waals surface area contributed by atoms with E-state index in [1.54, 1.807) is 4.57 Å². The first-order chi connectivity index (χ1) is 10.5. The van der Waals surface area contributed by atoms with Gasteiger partial charge in [-0.3, -0.25) is 10.5 Å². The molecule has 0 aromatic carbocycles. The number of hydrogen-bond acceptors (Lipinski definition) is 4. The van der Waals surface area contributed by atoms with Crippen molar-refractivity contribution >= 4 is 0 Å². The fourth-order valence-electron chi connectivity index (χ4n) is 2.83. The number of ether oxygens (including phenoxy) is 2. The summed E-state index contributed by atoms with van der Waals surface area (Å²) in [5.41, 5.74) is 2.27. The molecule has 5 nitrogen and oxygen atoms in total. The number of aromatic nitrogens is 2. The van der Waals surface area contributed by atoms with Crippen LogP contribution in [0.1, 0.15) is 57.8 Å². The normalized spacial score (nSPS) is 18.1. The van der Waals surface area contributed by atoms with Crippen molar-refractivity contribution in [1.82, 2.24) is 9.55 Å². The second kappa shape index (κ2) is 30.7. The summed E-state index contributed by atoms with van der Waals surface area (Å²) < 4.78 is 13.7. The minimum Gasteiger partial charge on any atom is -0.386 e. The van der Waals surface area contributed by atoms with Crippen LogP contribution in [0.4, 0.5) is 0 Å². The van der Waals surface area contributed by atoms with E-state index in [0.29, 0.717) is 6.61 Å². The molecule has 0 spiro atoms. The molecule has 3 atom stereocenters. The molecule has 0 bridgehead atoms. The summed E-state index contributed by atoms with van der Waals surface area (Å²) in [6.45, 7) is 16.6. The van der Waals surface area contributed by atoms with Crippen LogP contribution in [0.5, 0.6) is 0 Å². The molecule has 0 saturated carbocycles. The maximum absolute atomic E-state index is 12.4. The van der Waals surface area contributed by atoms with Gasteiger partial charge in [0.1, 0.15) is 0 Å². The Morgan fingerprint density at radius 3 is 1.79 bits per heavy atom. The van der Waals surface area contributed by atoms with Gasteiger partial charge in [0.25, 0.3) is 0 Å². The first kappa shape index (κ1) is 64.6. The molecule has 1 saturated heterocycles. The van der Waals surface area contributed by atoms with Gasteiger partial charge in [-0.15, -0.1) is 5.92 Å². The zero-order chi connectivity index (χ0) is 17.5. The Morgan fingerprint density at radius 1 is 0.970 bits per heavy atom. The fraction of sp³-hybridized carbons (Fsp3) is 0.684. The van der Waals surface area contributed by atoms with Crippen molar-refractivity contribution in [3.63, 3.8) is 0 Å². The third kappa shape index (κ3) is 20.4. The van der Waals surface area contributed by atoms with Crippen LogP contribution >= 0.6 is 0 Å². The summed E-state index contributed by atoms with van der Waals surface area (Å²) in [5, 5.41) is 0. The molecule has 1 aromatic heterocycles. The van der Waals surface area contributed by atoms with Gasteiger partial charge in [0.05, 0.1) is 18.3 Å². The van der Waals surface area contributed by atoms with Crippen molar-refractivity contribution in [2.75, 3.05) is 6.61 Å². The van der Waals surface area contributed by atoms with Crippen LogP contribution in [0.15, 0.2) is 4.79 Å². The van der Waals surface area contributed by atoms with Crippen LogP contribution < -0.4 is 5.69 Å². The van der Waals surface area contributed by atoms with Gasteiger partial charge >= 0.3 is 5.69 Å². The summed E-state index contributed by atoms with van der Waals surface area (Å²) in [4.78, 5) is 16.5. The van der Waals surface area contributed by atoms with Crippen molar-refractivity contribution in [3.8, 4) is 0 Å². The molecule has 1 aromatic rings. The second-order valence-electron chi connectivity index (χ2n) is 7.54. The van der Waals surface area contributed by atoms with Crippen molar-refractivity contribution in [2.24, 2.45) is 5.92 Å². The van der Waals surface area contributed by atoms with E-state index in [4.69, 9.17) is 9.47 Å². The maximum Gasteiger partial charge on any atom is 0.347 e. The molecule has 165 valence electrons. The Labute approximate surface area is 428 Å². The molecule has 14 heteroatoms. The van der Waals surface area contributed by atoms with Crippen LogP contribution in [0.25, 0.3) is 0 Å². The maximum atomic E-state index is 12.4. The smallest absolute Gasteiger partial charge is 0.347 e. The third-order valence-corrected chi connectivity index (χ3v) is 4.80. The molecule has 0 unspecified atom stereocenters. The number of aryl methyl sites for hydroxylation is 1. The molecule has 2 rings (SSSR count). The first-order valence-corrected chi connectivity index (χ1v) is 8.22. The van der Waals surface area contributed by atoms with Crippen LogP contribution in [-0.4, -0.2) is 27.9 Å². The van der Waals surface area contributed by atoms with E-state index in [-0.39, 0.29) is 331 Å². The Balaban J connectivity index is -0.0000000823. The standard InChI is InChI=1S/C18H29N2O3.CH3.9Y/c1-10-11(2)16(23-15(10)9-22-18(6,7)8)20-14(5)12(3)13(4)19-17(20)21;;;;;;;;;;/h10,15-16H,9H2,1-8H3;1H3;;;;;;;;;/q2*-1;;;;;;;;;/t10-,15-,16-;;;;;;;;;;/m1........../s1. The molecule has 0 amide bonds. The molecule has 33 heavy (non-hydrogen) atoms. The Kier molecular flexibility index (Phi) is 60.2. The van der Waals surface area contributed by atoms with E-state index in [9.17, 15) is 4.79 Å². The van der Waals surface area contributed by atoms with Gasteiger partial charge in [0.15, 0.2) is 0 Å². The van der Waals surface area contributed by atoms with E-state index in [1.807, 2.05) is 48.5 Å². The number of rotatable bonds is 3. The van der Waals surface area contributed by atoms with E-state index < -0.39 is 0 Å². The van der Waals surface area contributed by atoms with Crippen LogP contribution in [0.3, 0.4) is 0 Å². The van der Waals surface area contributed by atoms with Crippen LogP contribution in [0.2, 0.25) is 0 Å². The monoisotopic (exact) mass is 1140 g/mol. The molecule has 2 heterocycles. The average molecular weight is 1140 g/mol. The Hall–Kier alpha value is 8.74. The Morgan fingerprint density at radius 2 is 1.39 bits per heavy atom. The van der Waals surface area contributed by atoms with Gasteiger partial charge in [-0.1, -0.05) is 6.92 Å². The number of nitrogens with zero attached hydrogens (tertiary/aromatic N) is 2. The molecular weight excluding hydrogens is 1100 g/mol. The molecule has 1 fully saturated rings. The predicted octanol–water partition coefficient (Wildman–Crippen LogP) is 3.54. The summed E-state index contributed by atoms with van der Waals surface area (Å²) in [5.74, 6) is 1.37. The van der Waals surface area contributed by atoms with Gasteiger partial charge in [0.2, 0.25) is 0 Å². The molecule has 0 aliphatic carbocycles. The summed E-state index contributed by atoms with van der Waals surface area (Å²) in [6, 6.07) is 0. The van der Waals surface area contributed by atoms with Crippen LogP contribution in [0, 0.1) is 40.0 Å². The fourth-order valence-corrected chi connectivity index (χ4v) is 2.83. The van der Waals surface area contributed by atoms with Gasteiger partial charge in [-0.05, 0) is 47.1 Å².